The fraction of sp³-hybridized carbons (Fsp3) is 0.429. The fourth-order valence-corrected chi connectivity index (χ4v) is 3.25. The molecule has 3 rings (SSSR count). The highest BCUT2D eigenvalue weighted by Gasteiger charge is 2.21. The Morgan fingerprint density at radius 3 is 2.41 bits per heavy atom. The van der Waals surface area contributed by atoms with Crippen molar-refractivity contribution in [1.29, 1.82) is 0 Å². The monoisotopic (exact) mass is 369 g/mol. The van der Waals surface area contributed by atoms with Crippen LogP contribution < -0.4 is 19.7 Å². The molecule has 0 atom stereocenters. The Bertz CT molecular complexity index is 843. The van der Waals surface area contributed by atoms with Crippen LogP contribution in [0, 0.1) is 0 Å². The number of aromatic nitrogens is 1. The average Bonchev–Trinajstić information content (AvgIpc) is 2.65. The number of nitrogens with one attached hydrogen (secondary N) is 1. The molecule has 144 valence electrons. The maximum Gasteiger partial charge on any atom is 0.270 e. The van der Waals surface area contributed by atoms with Crippen LogP contribution in [0.4, 0.5) is 5.69 Å². The minimum atomic E-state index is -0.297. The van der Waals surface area contributed by atoms with Gasteiger partial charge in [-0.25, -0.2) is 0 Å². The predicted molar refractivity (Wildman–Crippen MR) is 106 cm³/mol. The summed E-state index contributed by atoms with van der Waals surface area (Å²) in [6.07, 6.45) is 2.60. The molecule has 2 aromatic rings. The van der Waals surface area contributed by atoms with E-state index in [9.17, 15) is 4.79 Å². The van der Waals surface area contributed by atoms with Gasteiger partial charge in [-0.1, -0.05) is 0 Å². The summed E-state index contributed by atoms with van der Waals surface area (Å²) in [5.74, 6) is 1.33. The molecule has 1 aromatic carbocycles. The number of carbonyl (C=O) groups excluding carboxylic acids is 1. The molecular formula is C21H27N3O3. The minimum absolute atomic E-state index is 0.159. The number of anilines is 1. The van der Waals surface area contributed by atoms with Crippen molar-refractivity contribution in [2.24, 2.45) is 0 Å². The van der Waals surface area contributed by atoms with E-state index in [4.69, 9.17) is 9.47 Å². The first kappa shape index (κ1) is 19.0. The van der Waals surface area contributed by atoms with Crippen molar-refractivity contribution in [3.8, 4) is 11.5 Å². The number of nitrogens with zero attached hydrogens (tertiary/aromatic N) is 2. The zero-order valence-electron chi connectivity index (χ0n) is 16.6. The summed E-state index contributed by atoms with van der Waals surface area (Å²) in [5.41, 5.74) is 3.60. The van der Waals surface area contributed by atoms with Gasteiger partial charge in [0.2, 0.25) is 0 Å². The number of rotatable bonds is 4. The average molecular weight is 369 g/mol. The van der Waals surface area contributed by atoms with Gasteiger partial charge in [-0.3, -0.25) is 9.78 Å². The molecule has 0 saturated carbocycles. The van der Waals surface area contributed by atoms with Gasteiger partial charge in [-0.05, 0) is 62.6 Å². The molecule has 1 aliphatic heterocycles. The summed E-state index contributed by atoms with van der Waals surface area (Å²) < 4.78 is 10.8. The van der Waals surface area contributed by atoms with E-state index in [0.717, 1.165) is 36.7 Å². The van der Waals surface area contributed by atoms with Gasteiger partial charge in [0.05, 0.1) is 14.2 Å². The highest BCUT2D eigenvalue weighted by Crippen LogP contribution is 2.34. The highest BCUT2D eigenvalue weighted by atomic mass is 16.5. The first-order chi connectivity index (χ1) is 12.8. The molecule has 2 heterocycles. The van der Waals surface area contributed by atoms with Crippen LogP contribution in [-0.4, -0.2) is 37.2 Å². The number of ether oxygens (including phenoxy) is 2. The zero-order chi connectivity index (χ0) is 19.6. The molecule has 0 spiro atoms. The lowest BCUT2D eigenvalue weighted by molar-refractivity contribution is 0.0914. The smallest absolute Gasteiger partial charge is 0.270 e. The number of pyridine rings is 1. The Balaban J connectivity index is 1.83. The Kier molecular flexibility index (Phi) is 5.26. The van der Waals surface area contributed by atoms with Gasteiger partial charge in [0.1, 0.15) is 5.69 Å². The van der Waals surface area contributed by atoms with Gasteiger partial charge in [0, 0.05) is 30.5 Å². The van der Waals surface area contributed by atoms with E-state index in [0.29, 0.717) is 5.69 Å². The molecule has 0 unspecified atom stereocenters. The third kappa shape index (κ3) is 4.32. The SMILES string of the molecule is COc1cc2c(cc1OC)CN(c1ccnc(C(=O)NC(C)(C)C)c1)CC2. The molecule has 0 saturated heterocycles. The number of benzene rings is 1. The molecule has 0 radical (unpaired) electrons. The summed E-state index contributed by atoms with van der Waals surface area (Å²) >= 11 is 0. The molecule has 0 fully saturated rings. The van der Waals surface area contributed by atoms with Crippen molar-refractivity contribution in [1.82, 2.24) is 10.3 Å². The number of hydrogen-bond acceptors (Lipinski definition) is 5. The van der Waals surface area contributed by atoms with Gasteiger partial charge in [0.25, 0.3) is 5.91 Å². The topological polar surface area (TPSA) is 63.7 Å². The number of methoxy groups -OCH3 is 2. The van der Waals surface area contributed by atoms with Crippen molar-refractivity contribution in [3.05, 3.63) is 47.3 Å². The molecule has 1 N–H and O–H groups in total. The van der Waals surface area contributed by atoms with Crippen molar-refractivity contribution in [2.75, 3.05) is 25.7 Å². The second-order valence-electron chi connectivity index (χ2n) is 7.75. The first-order valence-electron chi connectivity index (χ1n) is 9.08. The van der Waals surface area contributed by atoms with Crippen LogP contribution >= 0.6 is 0 Å². The first-order valence-corrected chi connectivity index (χ1v) is 9.08. The van der Waals surface area contributed by atoms with Crippen molar-refractivity contribution < 1.29 is 14.3 Å². The lowest BCUT2D eigenvalue weighted by Crippen LogP contribution is -2.41. The molecule has 27 heavy (non-hydrogen) atoms. The standard InChI is InChI=1S/C21H27N3O3/c1-21(2,3)23-20(25)17-12-16(6-8-22-17)24-9-7-14-10-18(26-4)19(27-5)11-15(14)13-24/h6,8,10-12H,7,9,13H2,1-5H3,(H,23,25). The Hall–Kier alpha value is -2.76. The van der Waals surface area contributed by atoms with Gasteiger partial charge >= 0.3 is 0 Å². The molecular weight excluding hydrogens is 342 g/mol. The van der Waals surface area contributed by atoms with Gasteiger partial charge in [0.15, 0.2) is 11.5 Å². The van der Waals surface area contributed by atoms with E-state index < -0.39 is 0 Å². The van der Waals surface area contributed by atoms with E-state index >= 15 is 0 Å². The van der Waals surface area contributed by atoms with E-state index in [1.807, 2.05) is 39.0 Å². The summed E-state index contributed by atoms with van der Waals surface area (Å²) in [5, 5.41) is 2.96. The van der Waals surface area contributed by atoms with Crippen LogP contribution in [0.25, 0.3) is 0 Å². The van der Waals surface area contributed by atoms with Crippen molar-refractivity contribution in [2.45, 2.75) is 39.3 Å². The predicted octanol–water partition coefficient (Wildman–Crippen LogP) is 3.19. The highest BCUT2D eigenvalue weighted by molar-refractivity contribution is 5.93. The lowest BCUT2D eigenvalue weighted by atomic mass is 9.98. The maximum absolute atomic E-state index is 12.4. The molecule has 0 aliphatic carbocycles. The van der Waals surface area contributed by atoms with Gasteiger partial charge < -0.3 is 19.7 Å². The van der Waals surface area contributed by atoms with E-state index in [1.165, 1.54) is 11.1 Å². The number of fused-ring (bicyclic) bond motifs is 1. The van der Waals surface area contributed by atoms with Crippen molar-refractivity contribution in [3.63, 3.8) is 0 Å². The van der Waals surface area contributed by atoms with Gasteiger partial charge in [-0.15, -0.1) is 0 Å². The van der Waals surface area contributed by atoms with Crippen LogP contribution in [0.15, 0.2) is 30.5 Å². The van der Waals surface area contributed by atoms with Crippen LogP contribution in [0.5, 0.6) is 11.5 Å². The number of carbonyl (C=O) groups is 1. The minimum Gasteiger partial charge on any atom is -0.493 e. The third-order valence-electron chi connectivity index (χ3n) is 4.55. The van der Waals surface area contributed by atoms with E-state index in [2.05, 4.69) is 21.3 Å². The fourth-order valence-electron chi connectivity index (χ4n) is 3.25. The van der Waals surface area contributed by atoms with E-state index in [-0.39, 0.29) is 11.4 Å². The molecule has 6 heteroatoms. The zero-order valence-corrected chi connectivity index (χ0v) is 16.6. The number of hydrogen-bond donors (Lipinski definition) is 1. The molecule has 6 nitrogen and oxygen atoms in total. The third-order valence-corrected chi connectivity index (χ3v) is 4.55. The quantitative estimate of drug-likeness (QED) is 0.897. The maximum atomic E-state index is 12.4. The molecule has 1 aromatic heterocycles. The van der Waals surface area contributed by atoms with Crippen molar-refractivity contribution >= 4 is 11.6 Å². The Labute approximate surface area is 160 Å². The van der Waals surface area contributed by atoms with Gasteiger partial charge in [-0.2, -0.15) is 0 Å². The Morgan fingerprint density at radius 1 is 1.11 bits per heavy atom. The summed E-state index contributed by atoms with van der Waals surface area (Å²) in [7, 11) is 3.30. The molecule has 1 aliphatic rings. The van der Waals surface area contributed by atoms with E-state index in [1.54, 1.807) is 20.4 Å². The second kappa shape index (κ2) is 7.47. The largest absolute Gasteiger partial charge is 0.493 e. The van der Waals surface area contributed by atoms with Crippen LogP contribution in [0.3, 0.4) is 0 Å². The lowest BCUT2D eigenvalue weighted by Gasteiger charge is -2.31. The summed E-state index contributed by atoms with van der Waals surface area (Å²) in [6.45, 7) is 7.49. The van der Waals surface area contributed by atoms with Crippen LogP contribution in [0.1, 0.15) is 42.4 Å². The summed E-state index contributed by atoms with van der Waals surface area (Å²) in [6, 6.07) is 7.89. The normalized spacial score (nSPS) is 13.7. The second-order valence-corrected chi connectivity index (χ2v) is 7.75. The Morgan fingerprint density at radius 2 is 1.78 bits per heavy atom. The number of amides is 1. The summed E-state index contributed by atoms with van der Waals surface area (Å²) in [4.78, 5) is 18.9. The van der Waals surface area contributed by atoms with Crippen LogP contribution in [0.2, 0.25) is 0 Å². The van der Waals surface area contributed by atoms with Crippen LogP contribution in [-0.2, 0) is 13.0 Å². The molecule has 1 amide bonds. The molecule has 0 bridgehead atoms.